The van der Waals surface area contributed by atoms with Crippen molar-refractivity contribution in [3.05, 3.63) is 30.1 Å². The van der Waals surface area contributed by atoms with Gasteiger partial charge in [0.05, 0.1) is 13.6 Å². The first-order valence-corrected chi connectivity index (χ1v) is 4.85. The van der Waals surface area contributed by atoms with Crippen LogP contribution in [0.25, 0.3) is 11.0 Å². The largest absolute Gasteiger partial charge is 0.538 e. The number of carboxylic acids is 1. The average Bonchev–Trinajstić information content (AvgIpc) is 2.52. The van der Waals surface area contributed by atoms with E-state index in [9.17, 15) is 9.90 Å². The average molecular weight is 204 g/mol. The van der Waals surface area contributed by atoms with E-state index >= 15 is 0 Å². The van der Waals surface area contributed by atoms with Crippen LogP contribution in [0.15, 0.2) is 24.3 Å². The van der Waals surface area contributed by atoms with Gasteiger partial charge in [-0.3, -0.25) is 0 Å². The molecule has 0 aliphatic rings. The highest BCUT2D eigenvalue weighted by atomic mass is 16.4. The smallest absolute Gasteiger partial charge is 0.305 e. The van der Waals surface area contributed by atoms with Crippen molar-refractivity contribution in [1.82, 2.24) is 4.57 Å². The van der Waals surface area contributed by atoms with Gasteiger partial charge in [0.25, 0.3) is 0 Å². The molecule has 0 saturated carbocycles. The SMILES string of the molecule is CCn1c(C(=O)[O-])[n+](C)c2ccccc21. The monoisotopic (exact) mass is 204 g/mol. The van der Waals surface area contributed by atoms with E-state index in [1.807, 2.05) is 31.2 Å². The van der Waals surface area contributed by atoms with Gasteiger partial charge in [-0.15, -0.1) is 0 Å². The number of aryl methyl sites for hydroxylation is 2. The van der Waals surface area contributed by atoms with Crippen molar-refractivity contribution in [3.8, 4) is 0 Å². The first-order valence-electron chi connectivity index (χ1n) is 4.85. The lowest BCUT2D eigenvalue weighted by Crippen LogP contribution is -2.41. The van der Waals surface area contributed by atoms with Crippen molar-refractivity contribution in [2.75, 3.05) is 0 Å². The number of para-hydroxylation sites is 2. The van der Waals surface area contributed by atoms with Gasteiger partial charge in [0.2, 0.25) is 0 Å². The van der Waals surface area contributed by atoms with Crippen LogP contribution in [0.1, 0.15) is 17.5 Å². The van der Waals surface area contributed by atoms with Gasteiger partial charge in [-0.05, 0) is 19.1 Å². The minimum Gasteiger partial charge on any atom is -0.538 e. The summed E-state index contributed by atoms with van der Waals surface area (Å²) < 4.78 is 3.39. The number of benzene rings is 1. The molecular weight excluding hydrogens is 192 g/mol. The molecule has 15 heavy (non-hydrogen) atoms. The summed E-state index contributed by atoms with van der Waals surface area (Å²) in [5, 5.41) is 11.0. The van der Waals surface area contributed by atoms with E-state index in [0.717, 1.165) is 11.0 Å². The van der Waals surface area contributed by atoms with Gasteiger partial charge in [0, 0.05) is 0 Å². The second-order valence-corrected chi connectivity index (χ2v) is 3.40. The number of hydrogen-bond donors (Lipinski definition) is 0. The van der Waals surface area contributed by atoms with Crippen LogP contribution in [-0.2, 0) is 13.6 Å². The molecule has 1 aromatic carbocycles. The quantitative estimate of drug-likeness (QED) is 0.639. The first kappa shape index (κ1) is 9.71. The van der Waals surface area contributed by atoms with Gasteiger partial charge in [-0.25, -0.2) is 9.13 Å². The number of hydrogen-bond acceptors (Lipinski definition) is 2. The number of carboxylic acid groups (broad SMARTS) is 1. The second kappa shape index (κ2) is 3.38. The fourth-order valence-corrected chi connectivity index (χ4v) is 1.95. The molecule has 0 aliphatic carbocycles. The van der Waals surface area contributed by atoms with Gasteiger partial charge >= 0.3 is 5.82 Å². The van der Waals surface area contributed by atoms with Gasteiger partial charge in [-0.1, -0.05) is 12.1 Å². The Bertz CT molecular complexity index is 529. The van der Waals surface area contributed by atoms with Crippen LogP contribution in [0.3, 0.4) is 0 Å². The van der Waals surface area contributed by atoms with E-state index in [1.54, 1.807) is 16.2 Å². The van der Waals surface area contributed by atoms with Crippen molar-refractivity contribution >= 4 is 17.0 Å². The number of carbonyl (C=O) groups excluding carboxylic acids is 1. The van der Waals surface area contributed by atoms with E-state index < -0.39 is 5.97 Å². The Morgan fingerprint density at radius 2 is 2.13 bits per heavy atom. The molecule has 78 valence electrons. The second-order valence-electron chi connectivity index (χ2n) is 3.40. The topological polar surface area (TPSA) is 48.9 Å². The molecule has 4 heteroatoms. The zero-order valence-corrected chi connectivity index (χ0v) is 8.73. The molecule has 2 aromatic rings. The lowest BCUT2D eigenvalue weighted by molar-refractivity contribution is -0.650. The number of fused-ring (bicyclic) bond motifs is 1. The first-order chi connectivity index (χ1) is 7.16. The summed E-state index contributed by atoms with van der Waals surface area (Å²) in [6, 6.07) is 7.59. The Labute approximate surface area is 87.4 Å². The third-order valence-corrected chi connectivity index (χ3v) is 2.61. The lowest BCUT2D eigenvalue weighted by atomic mass is 10.3. The van der Waals surface area contributed by atoms with Crippen LogP contribution in [0.2, 0.25) is 0 Å². The van der Waals surface area contributed by atoms with Crippen LogP contribution < -0.4 is 9.67 Å². The van der Waals surface area contributed by atoms with E-state index in [0.29, 0.717) is 6.54 Å². The number of aromatic carboxylic acids is 1. The highest BCUT2D eigenvalue weighted by Gasteiger charge is 2.21. The van der Waals surface area contributed by atoms with Crippen molar-refractivity contribution < 1.29 is 14.5 Å². The number of carbonyl (C=O) groups is 1. The van der Waals surface area contributed by atoms with Crippen LogP contribution in [-0.4, -0.2) is 10.5 Å². The molecule has 4 nitrogen and oxygen atoms in total. The molecule has 0 spiro atoms. The molecule has 0 saturated heterocycles. The van der Waals surface area contributed by atoms with E-state index in [-0.39, 0.29) is 5.82 Å². The van der Waals surface area contributed by atoms with Gasteiger partial charge in [-0.2, -0.15) is 0 Å². The Hall–Kier alpha value is -1.84. The molecule has 0 amide bonds. The van der Waals surface area contributed by atoms with Crippen LogP contribution in [0.4, 0.5) is 0 Å². The third kappa shape index (κ3) is 1.29. The minimum absolute atomic E-state index is 0.207. The maximum absolute atomic E-state index is 11.0. The van der Waals surface area contributed by atoms with E-state index in [4.69, 9.17) is 0 Å². The molecule has 0 unspecified atom stereocenters. The number of nitrogens with zero attached hydrogens (tertiary/aromatic N) is 2. The molecule has 0 atom stereocenters. The normalized spacial score (nSPS) is 10.8. The zero-order chi connectivity index (χ0) is 11.0. The molecule has 0 radical (unpaired) electrons. The Balaban J connectivity index is 2.90. The number of imidazole rings is 1. The molecule has 1 heterocycles. The molecule has 0 bridgehead atoms. The van der Waals surface area contributed by atoms with Crippen molar-refractivity contribution in [2.45, 2.75) is 13.5 Å². The van der Waals surface area contributed by atoms with Gasteiger partial charge in [0.15, 0.2) is 17.0 Å². The summed E-state index contributed by atoms with van der Waals surface area (Å²) in [6.45, 7) is 2.53. The molecule has 0 fully saturated rings. The van der Waals surface area contributed by atoms with Crippen LogP contribution in [0, 0.1) is 0 Å². The molecule has 0 aliphatic heterocycles. The summed E-state index contributed by atoms with van der Waals surface area (Å²) in [5.74, 6) is -0.936. The van der Waals surface area contributed by atoms with Crippen LogP contribution >= 0.6 is 0 Å². The van der Waals surface area contributed by atoms with E-state index in [2.05, 4.69) is 0 Å². The highest BCUT2D eigenvalue weighted by Crippen LogP contribution is 2.13. The summed E-state index contributed by atoms with van der Waals surface area (Å²) in [4.78, 5) is 11.0. The predicted molar refractivity (Wildman–Crippen MR) is 53.1 cm³/mol. The minimum atomic E-state index is -1.14. The predicted octanol–water partition coefficient (Wildman–Crippen LogP) is -0.151. The summed E-state index contributed by atoms with van der Waals surface area (Å²) in [5.41, 5.74) is 1.82. The van der Waals surface area contributed by atoms with Gasteiger partial charge < -0.3 is 9.90 Å². The van der Waals surface area contributed by atoms with Gasteiger partial charge in [0.1, 0.15) is 0 Å². The third-order valence-electron chi connectivity index (χ3n) is 2.61. The molecule has 1 aromatic heterocycles. The summed E-state index contributed by atoms with van der Waals surface area (Å²) >= 11 is 0. The van der Waals surface area contributed by atoms with Crippen LogP contribution in [0.5, 0.6) is 0 Å². The molecule has 0 N–H and O–H groups in total. The van der Waals surface area contributed by atoms with Crippen molar-refractivity contribution in [2.24, 2.45) is 7.05 Å². The summed E-state index contributed by atoms with van der Waals surface area (Å²) in [6.07, 6.45) is 0. The maximum Gasteiger partial charge on any atom is 0.305 e. The number of aromatic nitrogens is 2. The Morgan fingerprint density at radius 1 is 1.47 bits per heavy atom. The standard InChI is InChI=1S/C11H12N2O2/c1-3-13-9-7-5-4-6-8(9)12(2)10(13)11(14)15/h4-7H,3H2,1-2H3. The fourth-order valence-electron chi connectivity index (χ4n) is 1.95. The maximum atomic E-state index is 11.0. The summed E-state index contributed by atoms with van der Waals surface area (Å²) in [7, 11) is 1.74. The lowest BCUT2D eigenvalue weighted by Gasteiger charge is -1.99. The molecular formula is C11H12N2O2. The van der Waals surface area contributed by atoms with Crippen molar-refractivity contribution in [1.29, 1.82) is 0 Å². The Kier molecular flexibility index (Phi) is 2.19. The fraction of sp³-hybridized carbons (Fsp3) is 0.273. The highest BCUT2D eigenvalue weighted by molar-refractivity contribution is 5.85. The molecule has 2 rings (SSSR count). The van der Waals surface area contributed by atoms with E-state index in [1.165, 1.54) is 0 Å². The number of rotatable bonds is 2. The van der Waals surface area contributed by atoms with Crippen molar-refractivity contribution in [3.63, 3.8) is 0 Å². The zero-order valence-electron chi connectivity index (χ0n) is 8.73. The Morgan fingerprint density at radius 3 is 2.73 bits per heavy atom.